The zero-order valence-corrected chi connectivity index (χ0v) is 10.9. The number of aliphatic carboxylic acids is 1. The minimum absolute atomic E-state index is 0.422. The SMILES string of the molecule is CC(C)(Cc1ncc(C2CCOCC2)[nH]1)C(=O)O. The molecule has 5 heteroatoms. The number of carboxylic acids is 1. The average molecular weight is 252 g/mol. The maximum absolute atomic E-state index is 11.1. The molecule has 5 nitrogen and oxygen atoms in total. The van der Waals surface area contributed by atoms with Gasteiger partial charge >= 0.3 is 5.97 Å². The van der Waals surface area contributed by atoms with Crippen LogP contribution in [0, 0.1) is 5.41 Å². The molecule has 18 heavy (non-hydrogen) atoms. The molecule has 100 valence electrons. The highest BCUT2D eigenvalue weighted by Gasteiger charge is 2.29. The minimum Gasteiger partial charge on any atom is -0.481 e. The van der Waals surface area contributed by atoms with E-state index in [9.17, 15) is 4.79 Å². The highest BCUT2D eigenvalue weighted by atomic mass is 16.5. The minimum atomic E-state index is -0.800. The Morgan fingerprint density at radius 1 is 1.56 bits per heavy atom. The summed E-state index contributed by atoms with van der Waals surface area (Å²) < 4.78 is 5.33. The zero-order valence-electron chi connectivity index (χ0n) is 10.9. The molecule has 0 aromatic carbocycles. The largest absolute Gasteiger partial charge is 0.481 e. The van der Waals surface area contributed by atoms with Crippen LogP contribution in [0.15, 0.2) is 6.20 Å². The first-order valence-electron chi connectivity index (χ1n) is 6.34. The molecule has 0 saturated carbocycles. The standard InChI is InChI=1S/C13H20N2O3/c1-13(2,12(16)17)7-11-14-8-10(15-11)9-3-5-18-6-4-9/h8-9H,3-7H2,1-2H3,(H,14,15)(H,16,17). The Labute approximate surface area is 107 Å². The fraction of sp³-hybridized carbons (Fsp3) is 0.692. The van der Waals surface area contributed by atoms with Gasteiger partial charge in [-0.05, 0) is 26.7 Å². The topological polar surface area (TPSA) is 75.2 Å². The van der Waals surface area contributed by atoms with Crippen LogP contribution in [0.4, 0.5) is 0 Å². The van der Waals surface area contributed by atoms with E-state index in [1.807, 2.05) is 6.20 Å². The molecule has 0 atom stereocenters. The lowest BCUT2D eigenvalue weighted by molar-refractivity contribution is -0.146. The fourth-order valence-electron chi connectivity index (χ4n) is 2.18. The molecule has 0 aliphatic carbocycles. The summed E-state index contributed by atoms with van der Waals surface area (Å²) >= 11 is 0. The first-order chi connectivity index (χ1) is 8.49. The number of rotatable bonds is 4. The Kier molecular flexibility index (Phi) is 3.71. The van der Waals surface area contributed by atoms with Crippen molar-refractivity contribution in [1.82, 2.24) is 9.97 Å². The van der Waals surface area contributed by atoms with Crippen LogP contribution in [-0.2, 0) is 16.0 Å². The van der Waals surface area contributed by atoms with Crippen LogP contribution in [0.2, 0.25) is 0 Å². The summed E-state index contributed by atoms with van der Waals surface area (Å²) in [6.45, 7) is 5.01. The van der Waals surface area contributed by atoms with Gasteiger partial charge in [-0.3, -0.25) is 4.79 Å². The number of aromatic amines is 1. The van der Waals surface area contributed by atoms with Crippen molar-refractivity contribution in [3.05, 3.63) is 17.7 Å². The van der Waals surface area contributed by atoms with Gasteiger partial charge in [0.25, 0.3) is 0 Å². The molecule has 0 bridgehead atoms. The van der Waals surface area contributed by atoms with Crippen molar-refractivity contribution in [3.63, 3.8) is 0 Å². The smallest absolute Gasteiger partial charge is 0.309 e. The number of aromatic nitrogens is 2. The molecule has 1 saturated heterocycles. The Bertz CT molecular complexity index is 420. The van der Waals surface area contributed by atoms with Crippen LogP contribution < -0.4 is 0 Å². The van der Waals surface area contributed by atoms with Crippen molar-refractivity contribution in [1.29, 1.82) is 0 Å². The maximum atomic E-state index is 11.1. The normalized spacial score (nSPS) is 17.9. The first kappa shape index (κ1) is 13.1. The van der Waals surface area contributed by atoms with Crippen molar-refractivity contribution in [2.75, 3.05) is 13.2 Å². The van der Waals surface area contributed by atoms with E-state index < -0.39 is 11.4 Å². The third-order valence-corrected chi connectivity index (χ3v) is 3.50. The van der Waals surface area contributed by atoms with Crippen molar-refractivity contribution in [2.24, 2.45) is 5.41 Å². The van der Waals surface area contributed by atoms with Crippen molar-refractivity contribution in [2.45, 2.75) is 39.0 Å². The monoisotopic (exact) mass is 252 g/mol. The molecule has 2 rings (SSSR count). The number of hydrogen-bond acceptors (Lipinski definition) is 3. The Hall–Kier alpha value is -1.36. The summed E-state index contributed by atoms with van der Waals surface area (Å²) in [6, 6.07) is 0. The molecule has 2 N–H and O–H groups in total. The van der Waals surface area contributed by atoms with Gasteiger partial charge in [-0.1, -0.05) is 0 Å². The van der Waals surface area contributed by atoms with Crippen molar-refractivity contribution < 1.29 is 14.6 Å². The van der Waals surface area contributed by atoms with E-state index in [1.54, 1.807) is 13.8 Å². The summed E-state index contributed by atoms with van der Waals surface area (Å²) in [5.74, 6) is 0.420. The van der Waals surface area contributed by atoms with Crippen LogP contribution in [-0.4, -0.2) is 34.3 Å². The average Bonchev–Trinajstić information content (AvgIpc) is 2.78. The Morgan fingerprint density at radius 3 is 2.83 bits per heavy atom. The van der Waals surface area contributed by atoms with E-state index in [1.165, 1.54) is 0 Å². The van der Waals surface area contributed by atoms with E-state index in [4.69, 9.17) is 9.84 Å². The van der Waals surface area contributed by atoms with Gasteiger partial charge in [-0.15, -0.1) is 0 Å². The maximum Gasteiger partial charge on any atom is 0.309 e. The molecule has 0 unspecified atom stereocenters. The van der Waals surface area contributed by atoms with Gasteiger partial charge < -0.3 is 14.8 Å². The van der Waals surface area contributed by atoms with Gasteiger partial charge in [0.1, 0.15) is 5.82 Å². The summed E-state index contributed by atoms with van der Waals surface area (Å²) in [5.41, 5.74) is 0.319. The van der Waals surface area contributed by atoms with Gasteiger partial charge in [-0.25, -0.2) is 4.98 Å². The lowest BCUT2D eigenvalue weighted by Crippen LogP contribution is -2.26. The van der Waals surface area contributed by atoms with Gasteiger partial charge in [0.15, 0.2) is 0 Å². The van der Waals surface area contributed by atoms with Crippen LogP contribution in [0.3, 0.4) is 0 Å². The zero-order chi connectivity index (χ0) is 13.2. The number of H-pyrrole nitrogens is 1. The van der Waals surface area contributed by atoms with E-state index in [0.717, 1.165) is 37.6 Å². The molecular formula is C13H20N2O3. The van der Waals surface area contributed by atoms with E-state index >= 15 is 0 Å². The molecule has 1 fully saturated rings. The van der Waals surface area contributed by atoms with Gasteiger partial charge in [0.2, 0.25) is 0 Å². The lowest BCUT2D eigenvalue weighted by Gasteiger charge is -2.20. The molecule has 2 heterocycles. The van der Waals surface area contributed by atoms with Crippen LogP contribution >= 0.6 is 0 Å². The number of nitrogens with zero attached hydrogens (tertiary/aromatic N) is 1. The van der Waals surface area contributed by atoms with E-state index in [-0.39, 0.29) is 0 Å². The molecule has 0 spiro atoms. The molecule has 1 aliphatic heterocycles. The number of hydrogen-bond donors (Lipinski definition) is 2. The van der Waals surface area contributed by atoms with Crippen LogP contribution in [0.5, 0.6) is 0 Å². The van der Waals surface area contributed by atoms with Gasteiger partial charge in [0.05, 0.1) is 5.41 Å². The third kappa shape index (κ3) is 2.90. The molecule has 1 aromatic heterocycles. The quantitative estimate of drug-likeness (QED) is 0.859. The number of nitrogens with one attached hydrogen (secondary N) is 1. The summed E-state index contributed by atoms with van der Waals surface area (Å²) in [6.07, 6.45) is 4.27. The molecule has 1 aromatic rings. The van der Waals surface area contributed by atoms with Gasteiger partial charge in [-0.2, -0.15) is 0 Å². The lowest BCUT2D eigenvalue weighted by atomic mass is 9.89. The first-order valence-corrected chi connectivity index (χ1v) is 6.34. The van der Waals surface area contributed by atoms with Crippen LogP contribution in [0.1, 0.15) is 44.1 Å². The van der Waals surface area contributed by atoms with E-state index in [0.29, 0.717) is 12.3 Å². The number of ether oxygens (including phenoxy) is 1. The Balaban J connectivity index is 2.03. The second-order valence-electron chi connectivity index (χ2n) is 5.54. The summed E-state index contributed by atoms with van der Waals surface area (Å²) in [7, 11) is 0. The summed E-state index contributed by atoms with van der Waals surface area (Å²) in [4.78, 5) is 18.6. The third-order valence-electron chi connectivity index (χ3n) is 3.50. The molecule has 0 radical (unpaired) electrons. The second kappa shape index (κ2) is 5.10. The van der Waals surface area contributed by atoms with Crippen LogP contribution in [0.25, 0.3) is 0 Å². The summed E-state index contributed by atoms with van der Waals surface area (Å²) in [5, 5.41) is 9.10. The molecule has 0 amide bonds. The second-order valence-corrected chi connectivity index (χ2v) is 5.54. The highest BCUT2D eigenvalue weighted by Crippen LogP contribution is 2.27. The van der Waals surface area contributed by atoms with Gasteiger partial charge in [0, 0.05) is 37.4 Å². The number of imidazole rings is 1. The van der Waals surface area contributed by atoms with E-state index in [2.05, 4.69) is 9.97 Å². The predicted octanol–water partition coefficient (Wildman–Crippen LogP) is 1.96. The predicted molar refractivity (Wildman–Crippen MR) is 66.5 cm³/mol. The fourth-order valence-corrected chi connectivity index (χ4v) is 2.18. The number of carboxylic acid groups (broad SMARTS) is 1. The number of carbonyl (C=O) groups is 1. The molecular weight excluding hydrogens is 232 g/mol. The highest BCUT2D eigenvalue weighted by molar-refractivity contribution is 5.73. The molecule has 1 aliphatic rings. The van der Waals surface area contributed by atoms with Crippen molar-refractivity contribution >= 4 is 5.97 Å². The Morgan fingerprint density at radius 2 is 2.22 bits per heavy atom. The van der Waals surface area contributed by atoms with Crippen molar-refractivity contribution in [3.8, 4) is 0 Å².